The maximum atomic E-state index is 14.2. The molecule has 24 heteroatoms. The van der Waals surface area contributed by atoms with Gasteiger partial charge >= 0.3 is 0 Å². The van der Waals surface area contributed by atoms with Gasteiger partial charge in [-0.1, -0.05) is 58.3 Å². The summed E-state index contributed by atoms with van der Waals surface area (Å²) in [5.74, 6) is -4.77. The minimum atomic E-state index is -1.31. The van der Waals surface area contributed by atoms with Crippen molar-refractivity contribution in [1.82, 2.24) is 42.2 Å². The van der Waals surface area contributed by atoms with Crippen LogP contribution in [0.5, 0.6) is 0 Å². The van der Waals surface area contributed by atoms with Crippen molar-refractivity contribution < 1.29 is 75.8 Å². The molecule has 4 rings (SSSR count). The van der Waals surface area contributed by atoms with E-state index in [1.807, 2.05) is 34.6 Å². The first kappa shape index (κ1) is 58.9. The minimum absolute atomic E-state index is 0.0407. The van der Waals surface area contributed by atoms with Crippen molar-refractivity contribution in [2.75, 3.05) is 61.0 Å². The number of aromatic nitrogens is 2. The van der Waals surface area contributed by atoms with Gasteiger partial charge in [-0.3, -0.25) is 38.4 Å². The van der Waals surface area contributed by atoms with Crippen LogP contribution in [-0.4, -0.2) is 166 Å². The Morgan fingerprint density at radius 3 is 1.51 bits per heavy atom. The minimum Gasteiger partial charge on any atom is -0.382 e. The quantitative estimate of drug-likeness (QED) is 0.0527. The highest BCUT2D eigenvalue weighted by atomic mass is 16.6. The van der Waals surface area contributed by atoms with E-state index >= 15 is 0 Å². The Balaban J connectivity index is 1.38. The third kappa shape index (κ3) is 17.0. The van der Waals surface area contributed by atoms with Gasteiger partial charge in [-0.15, -0.1) is 0 Å². The number of hydrogen-bond acceptors (Lipinski definition) is 18. The second kappa shape index (κ2) is 27.4. The predicted molar refractivity (Wildman–Crippen MR) is 254 cm³/mol. The van der Waals surface area contributed by atoms with Crippen molar-refractivity contribution in [1.29, 1.82) is 0 Å². The molecule has 24 nitrogen and oxygen atoms in total. The standard InChI is InChI=1S/C48H74N8O16/c1-12-28(7)38(46(64)50-31(16-26(3)4)39(57)47(8)24-69-47)54-45(63)37(23-67-11)52-41(59)33-18-29(71-55-33)14-15-48(25-70-48)40(58)32(17-27(5)6)49-43(61)35(21-65-9)53-44(62)36(22-66-10)51-42(60)34-19-30(72-56-34)20-68-13-2/h18-19,26-28,31-32,35-38H,12-17,20-25H2,1-11H3,(H,49,61)(H,50,64)(H,51,60)(H,52,59)(H,53,62)(H,54,63)/t28-,31?,32?,35-,36?,37?,38-,47+,48+/m0/s1. The highest BCUT2D eigenvalue weighted by Gasteiger charge is 2.54. The summed E-state index contributed by atoms with van der Waals surface area (Å²) < 4.78 is 42.6. The van der Waals surface area contributed by atoms with E-state index in [9.17, 15) is 38.4 Å². The van der Waals surface area contributed by atoms with Crippen LogP contribution in [0.25, 0.3) is 0 Å². The lowest BCUT2D eigenvalue weighted by atomic mass is 9.89. The number of nitrogens with one attached hydrogen (secondary N) is 6. The third-order valence-corrected chi connectivity index (χ3v) is 12.2. The predicted octanol–water partition coefficient (Wildman–Crippen LogP) is 0.742. The molecule has 6 amide bonds. The Hall–Kier alpha value is -5.66. The van der Waals surface area contributed by atoms with Crippen LogP contribution >= 0.6 is 0 Å². The van der Waals surface area contributed by atoms with Crippen LogP contribution in [0, 0.1) is 17.8 Å². The number of epoxide rings is 2. The second-order valence-electron chi connectivity index (χ2n) is 19.3. The maximum Gasteiger partial charge on any atom is 0.274 e. The molecule has 0 aliphatic carbocycles. The van der Waals surface area contributed by atoms with E-state index < -0.39 is 88.7 Å². The van der Waals surface area contributed by atoms with Gasteiger partial charge in [0.25, 0.3) is 11.8 Å². The lowest BCUT2D eigenvalue weighted by Gasteiger charge is -2.29. The summed E-state index contributed by atoms with van der Waals surface area (Å²) in [6, 6.07) is -4.04. The summed E-state index contributed by atoms with van der Waals surface area (Å²) >= 11 is 0. The van der Waals surface area contributed by atoms with Crippen LogP contribution in [0.4, 0.5) is 0 Å². The van der Waals surface area contributed by atoms with Crippen molar-refractivity contribution in [2.45, 2.75) is 142 Å². The Morgan fingerprint density at radius 1 is 0.611 bits per heavy atom. The molecule has 2 saturated heterocycles. The van der Waals surface area contributed by atoms with Gasteiger partial charge < -0.3 is 69.4 Å². The van der Waals surface area contributed by atoms with Gasteiger partial charge in [0.2, 0.25) is 23.6 Å². The fraction of sp³-hybridized carbons (Fsp3) is 0.708. The molecule has 2 aliphatic rings. The number of aryl methyl sites for hydroxylation is 1. The van der Waals surface area contributed by atoms with E-state index in [0.29, 0.717) is 25.2 Å². The van der Waals surface area contributed by atoms with Crippen LogP contribution in [-0.2, 0) is 70.2 Å². The zero-order chi connectivity index (χ0) is 53.3. The molecule has 0 radical (unpaired) electrons. The molecule has 0 bridgehead atoms. The monoisotopic (exact) mass is 1020 g/mol. The Labute approximate surface area is 419 Å². The molecule has 0 aromatic carbocycles. The second-order valence-corrected chi connectivity index (χ2v) is 19.3. The first-order valence-electron chi connectivity index (χ1n) is 24.3. The van der Waals surface area contributed by atoms with Crippen molar-refractivity contribution in [2.24, 2.45) is 17.8 Å². The van der Waals surface area contributed by atoms with Gasteiger partial charge in [0.1, 0.15) is 42.1 Å². The zero-order valence-corrected chi connectivity index (χ0v) is 43.3. The number of carbonyl (C=O) groups excluding carboxylic acids is 8. The molecule has 0 spiro atoms. The van der Waals surface area contributed by atoms with Crippen molar-refractivity contribution in [3.63, 3.8) is 0 Å². The number of ether oxygens (including phenoxy) is 6. The molecule has 2 aliphatic heterocycles. The van der Waals surface area contributed by atoms with Gasteiger partial charge in [-0.25, -0.2) is 0 Å². The van der Waals surface area contributed by atoms with Gasteiger partial charge in [-0.2, -0.15) is 0 Å². The number of hydrogen-bond donors (Lipinski definition) is 6. The summed E-state index contributed by atoms with van der Waals surface area (Å²) in [5.41, 5.74) is -2.56. The smallest absolute Gasteiger partial charge is 0.274 e. The SMILES string of the molecule is CCOCc1cc(C(=O)NC(COC)C(=O)N[C@@H](COC)C(=O)NC(CC(C)C)C(=O)[C@@]2(CCc3cc(C(=O)NC(COC)C(=O)N[C@H](C(=O)NC(CC(C)C)C(=O)[C@@]4(C)CO4)[C@@H](C)CC)no3)CO2)no1. The molecule has 2 aromatic heterocycles. The maximum absolute atomic E-state index is 14.2. The van der Waals surface area contributed by atoms with Gasteiger partial charge in [0.15, 0.2) is 34.3 Å². The Bertz CT molecular complexity index is 2170. The van der Waals surface area contributed by atoms with Gasteiger partial charge in [0, 0.05) is 46.5 Å². The molecule has 402 valence electrons. The van der Waals surface area contributed by atoms with Gasteiger partial charge in [0.05, 0.1) is 45.1 Å². The fourth-order valence-electron chi connectivity index (χ4n) is 7.67. The average molecular weight is 1020 g/mol. The lowest BCUT2D eigenvalue weighted by molar-refractivity contribution is -0.135. The number of carbonyl (C=O) groups is 8. The number of Topliss-reactive ketones (excluding diaryl/α,β-unsaturated/α-hetero) is 2. The molecule has 2 aromatic rings. The number of methoxy groups -OCH3 is 3. The first-order chi connectivity index (χ1) is 34.1. The van der Waals surface area contributed by atoms with Crippen molar-refractivity contribution in [3.05, 3.63) is 35.0 Å². The van der Waals surface area contributed by atoms with E-state index in [1.54, 1.807) is 20.8 Å². The summed E-state index contributed by atoms with van der Waals surface area (Å²) in [6.45, 7) is 14.7. The Kier molecular flexibility index (Phi) is 22.4. The lowest BCUT2D eigenvalue weighted by Crippen LogP contribution is -2.59. The largest absolute Gasteiger partial charge is 0.382 e. The van der Waals surface area contributed by atoms with E-state index in [2.05, 4.69) is 42.2 Å². The molecule has 4 heterocycles. The van der Waals surface area contributed by atoms with Crippen LogP contribution in [0.3, 0.4) is 0 Å². The first-order valence-corrected chi connectivity index (χ1v) is 24.3. The van der Waals surface area contributed by atoms with Crippen LogP contribution in [0.1, 0.15) is 114 Å². The highest BCUT2D eigenvalue weighted by Crippen LogP contribution is 2.36. The van der Waals surface area contributed by atoms with E-state index in [0.717, 1.165) is 0 Å². The normalized spacial score (nSPS) is 20.0. The summed E-state index contributed by atoms with van der Waals surface area (Å²) in [4.78, 5) is 109. The molecular formula is C48H74N8O16. The summed E-state index contributed by atoms with van der Waals surface area (Å²) in [5, 5.41) is 23.6. The number of amides is 6. The van der Waals surface area contributed by atoms with Crippen LogP contribution in [0.15, 0.2) is 21.2 Å². The van der Waals surface area contributed by atoms with Crippen molar-refractivity contribution >= 4 is 47.0 Å². The third-order valence-electron chi connectivity index (χ3n) is 12.2. The molecule has 72 heavy (non-hydrogen) atoms. The average Bonchev–Trinajstić information content (AvgIpc) is 4.17. The molecule has 0 saturated carbocycles. The molecular weight excluding hydrogens is 945 g/mol. The Morgan fingerprint density at radius 2 is 1.06 bits per heavy atom. The number of nitrogens with zero attached hydrogens (tertiary/aromatic N) is 2. The molecule has 6 N–H and O–H groups in total. The molecule has 2 fully saturated rings. The number of ketones is 2. The molecule has 9 atom stereocenters. The van der Waals surface area contributed by atoms with E-state index in [4.69, 9.17) is 37.5 Å². The highest BCUT2D eigenvalue weighted by molar-refractivity contribution is 6.01. The summed E-state index contributed by atoms with van der Waals surface area (Å²) in [7, 11) is 4.01. The van der Waals surface area contributed by atoms with Crippen LogP contribution in [0.2, 0.25) is 0 Å². The zero-order valence-electron chi connectivity index (χ0n) is 43.3. The summed E-state index contributed by atoms with van der Waals surface area (Å²) in [6.07, 6.45) is 1.27. The van der Waals surface area contributed by atoms with E-state index in [-0.39, 0.29) is 99.6 Å². The van der Waals surface area contributed by atoms with Crippen LogP contribution < -0.4 is 31.9 Å². The molecule has 4 unspecified atom stereocenters. The fourth-order valence-corrected chi connectivity index (χ4v) is 7.67. The van der Waals surface area contributed by atoms with Gasteiger partial charge in [-0.05, 0) is 50.9 Å². The topological polar surface area (TPSA) is 323 Å². The van der Waals surface area contributed by atoms with Crippen molar-refractivity contribution in [3.8, 4) is 0 Å². The number of rotatable bonds is 34. The van der Waals surface area contributed by atoms with E-state index in [1.165, 1.54) is 33.5 Å².